The van der Waals surface area contributed by atoms with Crippen LogP contribution in [-0.4, -0.2) is 94.1 Å². The van der Waals surface area contributed by atoms with Crippen molar-refractivity contribution in [1.29, 1.82) is 0 Å². The highest BCUT2D eigenvalue weighted by atomic mass is 19.1. The summed E-state index contributed by atoms with van der Waals surface area (Å²) in [5.74, 6) is 1.41. The first-order valence-electron chi connectivity index (χ1n) is 17.1. The summed E-state index contributed by atoms with van der Waals surface area (Å²) in [5, 5.41) is 4.25. The maximum Gasteiger partial charge on any atom is 0.243 e. The van der Waals surface area contributed by atoms with Crippen LogP contribution in [0.4, 0.5) is 27.1 Å². The number of halogens is 1. The minimum atomic E-state index is -0.447. The number of aromatic nitrogens is 2. The van der Waals surface area contributed by atoms with Crippen LogP contribution in [0.3, 0.4) is 0 Å². The van der Waals surface area contributed by atoms with Crippen LogP contribution in [0.5, 0.6) is 0 Å². The Kier molecular flexibility index (Phi) is 6.85. The molecule has 0 saturated carbocycles. The normalized spacial score (nSPS) is 15.3. The highest BCUT2D eigenvalue weighted by Crippen LogP contribution is 2.38. The van der Waals surface area contributed by atoms with Crippen LogP contribution in [0.15, 0.2) is 117 Å². The molecule has 6 aromatic rings. The lowest BCUT2D eigenvalue weighted by atomic mass is 10.1. The lowest BCUT2D eigenvalue weighted by Crippen LogP contribution is -2.43. The Hall–Kier alpha value is -6.43. The number of hydrogen-bond acceptors (Lipinski definition) is 9. The van der Waals surface area contributed by atoms with Crippen molar-refractivity contribution in [2.45, 2.75) is 0 Å². The maximum atomic E-state index is 15.5. The number of guanidine groups is 1. The lowest BCUT2D eigenvalue weighted by molar-refractivity contribution is 0.629. The average molecular weight is 692 g/mol. The lowest BCUT2D eigenvalue weighted by Gasteiger charge is -2.32. The van der Waals surface area contributed by atoms with Crippen LogP contribution in [0.1, 0.15) is 0 Å². The molecule has 0 unspecified atom stereocenters. The molecular formula is C40H38FN11. The highest BCUT2D eigenvalue weighted by molar-refractivity contribution is 6.25. The Morgan fingerprint density at radius 3 is 1.19 bits per heavy atom. The minimum Gasteiger partial charge on any atom is -0.378 e. The van der Waals surface area contributed by atoms with E-state index >= 15 is 4.39 Å². The second kappa shape index (κ2) is 11.3. The number of rotatable bonds is 4. The van der Waals surface area contributed by atoms with Crippen LogP contribution in [0, 0.1) is 0 Å². The summed E-state index contributed by atoms with van der Waals surface area (Å²) < 4.78 is 19.5. The Morgan fingerprint density at radius 2 is 0.808 bits per heavy atom. The van der Waals surface area contributed by atoms with Gasteiger partial charge in [-0.15, -0.1) is 0 Å². The molecule has 0 spiro atoms. The molecule has 0 amide bonds. The molecular weight excluding hydrogens is 654 g/mol. The molecule has 3 aliphatic heterocycles. The van der Waals surface area contributed by atoms with Crippen LogP contribution < -0.4 is 19.6 Å². The molecule has 9 rings (SSSR count). The summed E-state index contributed by atoms with van der Waals surface area (Å²) >= 11 is 0. The third-order valence-corrected chi connectivity index (χ3v) is 9.95. The SMILES string of the molecule is CN(C)c1ccc2c(c1)c1cc(N(C)C)ccc1n2C1=NC2=CC(F)=CC3=NC(n4c5ccc(N(C)C)cc5c5cc(N(C)C)ccc54)=NC(=N1)N23. The van der Waals surface area contributed by atoms with Gasteiger partial charge in [-0.1, -0.05) is 0 Å². The van der Waals surface area contributed by atoms with E-state index in [0.29, 0.717) is 29.5 Å². The van der Waals surface area contributed by atoms with E-state index in [1.807, 2.05) is 65.5 Å². The number of fused-ring (bicyclic) bond motifs is 6. The van der Waals surface area contributed by atoms with E-state index in [0.717, 1.165) is 66.4 Å². The zero-order valence-corrected chi connectivity index (χ0v) is 30.4. The van der Waals surface area contributed by atoms with Crippen molar-refractivity contribution >= 4 is 90.1 Å². The van der Waals surface area contributed by atoms with Crippen molar-refractivity contribution in [3.63, 3.8) is 0 Å². The quantitative estimate of drug-likeness (QED) is 0.198. The zero-order valence-electron chi connectivity index (χ0n) is 30.4. The Bertz CT molecular complexity index is 2450. The predicted molar refractivity (Wildman–Crippen MR) is 216 cm³/mol. The van der Waals surface area contributed by atoms with Gasteiger partial charge in [-0.25, -0.2) is 9.29 Å². The van der Waals surface area contributed by atoms with Gasteiger partial charge in [0.05, 0.1) is 22.1 Å². The Balaban J connectivity index is 1.29. The molecule has 0 fully saturated rings. The standard InChI is InChI=1S/C40H38FN11/c1-46(2)24-9-13-32-28(19-24)29-20-25(47(3)4)10-14-33(29)50(32)38-42-36-17-23(41)18-37-43-39(45-40(44-38)52(36)37)51-34-15-11-26(48(5)6)21-30(34)31-22-27(49(7)8)12-16-35(31)51/h9-22H,1-8H3. The number of allylic oxidation sites excluding steroid dienone is 2. The van der Waals surface area contributed by atoms with Crippen molar-refractivity contribution in [1.82, 2.24) is 14.0 Å². The van der Waals surface area contributed by atoms with E-state index in [1.165, 1.54) is 12.2 Å². The predicted octanol–water partition coefficient (Wildman–Crippen LogP) is 7.07. The molecule has 4 aromatic carbocycles. The average Bonchev–Trinajstić information content (AvgIpc) is 3.62. The third kappa shape index (κ3) is 4.70. The highest BCUT2D eigenvalue weighted by Gasteiger charge is 2.34. The van der Waals surface area contributed by atoms with E-state index in [4.69, 9.17) is 20.0 Å². The second-order valence-electron chi connectivity index (χ2n) is 14.1. The van der Waals surface area contributed by atoms with Gasteiger partial charge >= 0.3 is 0 Å². The molecule has 0 saturated heterocycles. The summed E-state index contributed by atoms with van der Waals surface area (Å²) in [6, 6.07) is 25.5. The molecule has 5 heterocycles. The summed E-state index contributed by atoms with van der Waals surface area (Å²) in [6.45, 7) is 0. The molecule has 11 nitrogen and oxygen atoms in total. The van der Waals surface area contributed by atoms with Gasteiger partial charge < -0.3 is 19.6 Å². The van der Waals surface area contributed by atoms with Crippen molar-refractivity contribution in [3.8, 4) is 0 Å². The van der Waals surface area contributed by atoms with E-state index in [1.54, 1.807) is 4.90 Å². The molecule has 0 N–H and O–H groups in total. The molecule has 0 bridgehead atoms. The van der Waals surface area contributed by atoms with Crippen LogP contribution in [0.25, 0.3) is 43.6 Å². The fraction of sp³-hybridized carbons (Fsp3) is 0.200. The van der Waals surface area contributed by atoms with Gasteiger partial charge in [0.15, 0.2) is 0 Å². The van der Waals surface area contributed by atoms with Gasteiger partial charge in [0, 0.05) is 113 Å². The van der Waals surface area contributed by atoms with Gasteiger partial charge in [-0.2, -0.15) is 20.0 Å². The van der Waals surface area contributed by atoms with Gasteiger partial charge in [-0.3, -0.25) is 9.13 Å². The summed E-state index contributed by atoms with van der Waals surface area (Å²) in [5.41, 5.74) is 8.06. The van der Waals surface area contributed by atoms with Gasteiger partial charge in [0.1, 0.15) is 17.5 Å². The molecule has 0 aliphatic carbocycles. The molecule has 260 valence electrons. The topological polar surface area (TPSA) is 75.5 Å². The Morgan fingerprint density at radius 1 is 0.442 bits per heavy atom. The van der Waals surface area contributed by atoms with Crippen molar-refractivity contribution in [2.75, 3.05) is 76.0 Å². The van der Waals surface area contributed by atoms with Crippen molar-refractivity contribution in [2.24, 2.45) is 20.0 Å². The second-order valence-corrected chi connectivity index (χ2v) is 14.1. The summed E-state index contributed by atoms with van der Waals surface area (Å²) in [7, 11) is 16.3. The number of amidine groups is 1. The van der Waals surface area contributed by atoms with Crippen LogP contribution in [-0.2, 0) is 0 Å². The van der Waals surface area contributed by atoms with Crippen molar-refractivity contribution in [3.05, 3.63) is 96.6 Å². The smallest absolute Gasteiger partial charge is 0.243 e. The minimum absolute atomic E-state index is 0.356. The first-order valence-corrected chi connectivity index (χ1v) is 17.1. The first kappa shape index (κ1) is 31.5. The molecule has 12 heteroatoms. The maximum absolute atomic E-state index is 15.5. The molecule has 0 radical (unpaired) electrons. The van der Waals surface area contributed by atoms with Crippen LogP contribution in [0.2, 0.25) is 0 Å². The number of hydrogen-bond donors (Lipinski definition) is 0. The summed E-state index contributed by atoms with van der Waals surface area (Å²) in [4.78, 5) is 30.2. The molecule has 52 heavy (non-hydrogen) atoms. The zero-order chi connectivity index (χ0) is 36.2. The molecule has 3 aliphatic rings. The van der Waals surface area contributed by atoms with E-state index in [9.17, 15) is 0 Å². The monoisotopic (exact) mass is 691 g/mol. The third-order valence-electron chi connectivity index (χ3n) is 9.95. The van der Waals surface area contributed by atoms with Gasteiger partial charge in [-0.05, 0) is 72.8 Å². The largest absolute Gasteiger partial charge is 0.378 e. The van der Waals surface area contributed by atoms with E-state index in [2.05, 4.69) is 92.4 Å². The van der Waals surface area contributed by atoms with E-state index < -0.39 is 5.83 Å². The fourth-order valence-electron chi connectivity index (χ4n) is 7.21. The first-order chi connectivity index (χ1) is 25.0. The van der Waals surface area contributed by atoms with Gasteiger partial charge in [0.25, 0.3) is 0 Å². The van der Waals surface area contributed by atoms with E-state index in [-0.39, 0.29) is 0 Å². The molecule has 2 aromatic heterocycles. The van der Waals surface area contributed by atoms with Crippen molar-refractivity contribution < 1.29 is 4.39 Å². The fourth-order valence-corrected chi connectivity index (χ4v) is 7.21. The number of nitrogens with zero attached hydrogens (tertiary/aromatic N) is 11. The number of aliphatic imine (C=N–C) groups is 4. The number of benzene rings is 4. The number of anilines is 4. The van der Waals surface area contributed by atoms with Crippen LogP contribution >= 0.6 is 0 Å². The summed E-state index contributed by atoms with van der Waals surface area (Å²) in [6.07, 6.45) is 2.81. The molecule has 0 atom stereocenters. The van der Waals surface area contributed by atoms with Gasteiger partial charge in [0.2, 0.25) is 17.9 Å². The Labute approximate surface area is 300 Å².